The van der Waals surface area contributed by atoms with E-state index in [4.69, 9.17) is 9.47 Å². The summed E-state index contributed by atoms with van der Waals surface area (Å²) in [5, 5.41) is 0. The van der Waals surface area contributed by atoms with E-state index in [0.29, 0.717) is 11.4 Å². The van der Waals surface area contributed by atoms with Crippen molar-refractivity contribution in [2.75, 3.05) is 24.9 Å². The van der Waals surface area contributed by atoms with Crippen molar-refractivity contribution in [2.24, 2.45) is 0 Å². The van der Waals surface area contributed by atoms with E-state index in [1.54, 1.807) is 12.0 Å². The van der Waals surface area contributed by atoms with Crippen LogP contribution in [-0.4, -0.2) is 31.8 Å². The Hall–Kier alpha value is -3.25. The molecule has 1 heterocycles. The number of benzene rings is 3. The Balaban J connectivity index is 1.98. The number of rotatable bonds is 5. The first kappa shape index (κ1) is 22.0. The topological polar surface area (TPSA) is 55.8 Å². The molecule has 0 spiro atoms. The van der Waals surface area contributed by atoms with Gasteiger partial charge in [0.05, 0.1) is 26.0 Å². The van der Waals surface area contributed by atoms with Gasteiger partial charge in [0.25, 0.3) is 0 Å². The van der Waals surface area contributed by atoms with Crippen molar-refractivity contribution in [3.63, 3.8) is 0 Å². The van der Waals surface area contributed by atoms with Gasteiger partial charge in [-0.15, -0.1) is 11.8 Å². The molecule has 4 rings (SSSR count). The normalized spacial score (nSPS) is 20.7. The highest BCUT2D eigenvalue weighted by Gasteiger charge is 2.56. The number of hydrogen-bond acceptors (Lipinski definition) is 5. The number of anilines is 1. The van der Waals surface area contributed by atoms with Crippen molar-refractivity contribution >= 4 is 29.3 Å². The highest BCUT2D eigenvalue weighted by Crippen LogP contribution is 2.54. The maximum absolute atomic E-state index is 13.5. The van der Waals surface area contributed by atoms with Crippen LogP contribution in [0, 0.1) is 6.92 Å². The first-order chi connectivity index (χ1) is 15.5. The second-order valence-corrected chi connectivity index (χ2v) is 8.88. The lowest BCUT2D eigenvalue weighted by molar-refractivity contribution is -0.144. The number of methoxy groups -OCH3 is 2. The molecule has 0 N–H and O–H groups in total. The molecule has 6 heteroatoms. The molecule has 0 saturated carbocycles. The zero-order chi connectivity index (χ0) is 22.7. The fourth-order valence-corrected chi connectivity index (χ4v) is 5.58. The lowest BCUT2D eigenvalue weighted by Gasteiger charge is -2.47. The smallest absolute Gasteiger partial charge is 0.329 e. The predicted molar refractivity (Wildman–Crippen MR) is 127 cm³/mol. The number of amides is 1. The highest BCUT2D eigenvalue weighted by molar-refractivity contribution is 8.01. The number of aryl methyl sites for hydroxylation is 1. The van der Waals surface area contributed by atoms with Crippen LogP contribution in [-0.2, 0) is 19.1 Å². The lowest BCUT2D eigenvalue weighted by atomic mass is 9.83. The second kappa shape index (κ2) is 9.09. The molecular weight excluding hydrogens is 422 g/mol. The summed E-state index contributed by atoms with van der Waals surface area (Å²) >= 11 is 1.33. The summed E-state index contributed by atoms with van der Waals surface area (Å²) in [6.45, 7) is 2.01. The van der Waals surface area contributed by atoms with Gasteiger partial charge in [-0.25, -0.2) is 0 Å². The summed E-state index contributed by atoms with van der Waals surface area (Å²) in [5.41, 5.74) is 3.46. The molecule has 32 heavy (non-hydrogen) atoms. The van der Waals surface area contributed by atoms with Crippen molar-refractivity contribution in [3.05, 3.63) is 95.6 Å². The summed E-state index contributed by atoms with van der Waals surface area (Å²) in [6, 6.07) is 24.3. The molecule has 0 aromatic heterocycles. The largest absolute Gasteiger partial charge is 0.497 e. The van der Waals surface area contributed by atoms with Gasteiger partial charge in [0, 0.05) is 5.69 Å². The third kappa shape index (κ3) is 3.75. The van der Waals surface area contributed by atoms with Gasteiger partial charge in [0.15, 0.2) is 4.75 Å². The Bertz CT molecular complexity index is 1100. The van der Waals surface area contributed by atoms with E-state index in [-0.39, 0.29) is 17.6 Å². The van der Waals surface area contributed by atoms with Crippen LogP contribution in [0.3, 0.4) is 0 Å². The van der Waals surface area contributed by atoms with E-state index < -0.39 is 10.8 Å². The van der Waals surface area contributed by atoms with Crippen molar-refractivity contribution in [1.82, 2.24) is 0 Å². The molecule has 0 radical (unpaired) electrons. The van der Waals surface area contributed by atoms with E-state index in [1.807, 2.05) is 85.8 Å². The van der Waals surface area contributed by atoms with Crippen LogP contribution in [0.4, 0.5) is 5.69 Å². The van der Waals surface area contributed by atoms with Crippen LogP contribution in [0.2, 0.25) is 0 Å². The summed E-state index contributed by atoms with van der Waals surface area (Å²) < 4.78 is 9.53. The Kier molecular flexibility index (Phi) is 6.24. The Morgan fingerprint density at radius 2 is 1.62 bits per heavy atom. The van der Waals surface area contributed by atoms with E-state index in [9.17, 15) is 9.59 Å². The SMILES string of the molecule is COC(=O)[C@]1(c2ccccc2)SCC(=O)N(c2ccc(OC)cc2)[C@@H]1c1ccc(C)cc1. The fourth-order valence-electron chi connectivity index (χ4n) is 4.19. The molecule has 3 aromatic rings. The van der Waals surface area contributed by atoms with Gasteiger partial charge in [0.2, 0.25) is 5.91 Å². The van der Waals surface area contributed by atoms with Gasteiger partial charge >= 0.3 is 5.97 Å². The summed E-state index contributed by atoms with van der Waals surface area (Å²) in [6.07, 6.45) is 0. The van der Waals surface area contributed by atoms with Gasteiger partial charge in [0.1, 0.15) is 5.75 Å². The first-order valence-corrected chi connectivity index (χ1v) is 11.3. The lowest BCUT2D eigenvalue weighted by Crippen LogP contribution is -2.55. The minimum atomic E-state index is -1.13. The van der Waals surface area contributed by atoms with Gasteiger partial charge in [-0.2, -0.15) is 0 Å². The molecular formula is C26H25NO4S. The molecule has 1 aliphatic heterocycles. The zero-order valence-electron chi connectivity index (χ0n) is 18.3. The third-order valence-electron chi connectivity index (χ3n) is 5.77. The van der Waals surface area contributed by atoms with Gasteiger partial charge in [-0.1, -0.05) is 60.2 Å². The van der Waals surface area contributed by atoms with Crippen molar-refractivity contribution in [1.29, 1.82) is 0 Å². The van der Waals surface area contributed by atoms with Gasteiger partial charge in [-0.05, 0) is 42.3 Å². The Labute approximate surface area is 192 Å². The summed E-state index contributed by atoms with van der Waals surface area (Å²) in [7, 11) is 3.00. The molecule has 2 atom stereocenters. The Morgan fingerprint density at radius 3 is 2.22 bits per heavy atom. The van der Waals surface area contributed by atoms with Crippen molar-refractivity contribution in [3.8, 4) is 5.75 Å². The molecule has 164 valence electrons. The molecule has 0 aliphatic carbocycles. The van der Waals surface area contributed by atoms with Crippen LogP contribution in [0.25, 0.3) is 0 Å². The zero-order valence-corrected chi connectivity index (χ0v) is 19.1. The van der Waals surface area contributed by atoms with Gasteiger partial charge < -0.3 is 14.4 Å². The minimum Gasteiger partial charge on any atom is -0.497 e. The van der Waals surface area contributed by atoms with Crippen LogP contribution < -0.4 is 9.64 Å². The number of ether oxygens (including phenoxy) is 2. The van der Waals surface area contributed by atoms with Crippen LogP contribution in [0.5, 0.6) is 5.75 Å². The number of nitrogens with zero attached hydrogens (tertiary/aromatic N) is 1. The molecule has 3 aromatic carbocycles. The molecule has 1 fully saturated rings. The second-order valence-electron chi connectivity index (χ2n) is 7.66. The third-order valence-corrected chi connectivity index (χ3v) is 7.24. The minimum absolute atomic E-state index is 0.0683. The van der Waals surface area contributed by atoms with E-state index in [0.717, 1.165) is 16.7 Å². The molecule has 0 bridgehead atoms. The standard InChI is InChI=1S/C26H25NO4S/c1-18-9-11-19(12-10-18)24-26(25(29)31-3,20-7-5-4-6-8-20)32-17-23(28)27(24)21-13-15-22(30-2)16-14-21/h4-16,24H,17H2,1-3H3/t24-,26-/m1/s1. The van der Waals surface area contributed by atoms with E-state index in [1.165, 1.54) is 18.9 Å². The Morgan fingerprint density at radius 1 is 0.969 bits per heavy atom. The van der Waals surface area contributed by atoms with Gasteiger partial charge in [-0.3, -0.25) is 9.59 Å². The van der Waals surface area contributed by atoms with Crippen LogP contribution in [0.15, 0.2) is 78.9 Å². The molecule has 5 nitrogen and oxygen atoms in total. The van der Waals surface area contributed by atoms with Crippen LogP contribution in [0.1, 0.15) is 22.7 Å². The number of carbonyl (C=O) groups is 2. The quantitative estimate of drug-likeness (QED) is 0.521. The van der Waals surface area contributed by atoms with E-state index in [2.05, 4.69) is 0 Å². The number of esters is 1. The molecule has 0 unspecified atom stereocenters. The number of hydrogen-bond donors (Lipinski definition) is 0. The summed E-state index contributed by atoms with van der Waals surface area (Å²) in [4.78, 5) is 28.6. The first-order valence-electron chi connectivity index (χ1n) is 10.3. The van der Waals surface area contributed by atoms with Crippen molar-refractivity contribution in [2.45, 2.75) is 17.7 Å². The average Bonchev–Trinajstić information content (AvgIpc) is 2.84. The number of thioether (sulfide) groups is 1. The van der Waals surface area contributed by atoms with E-state index >= 15 is 0 Å². The van der Waals surface area contributed by atoms with Crippen LogP contribution >= 0.6 is 11.8 Å². The summed E-state index contributed by atoms with van der Waals surface area (Å²) in [5.74, 6) is 0.395. The molecule has 1 saturated heterocycles. The maximum Gasteiger partial charge on any atom is 0.329 e. The monoisotopic (exact) mass is 447 g/mol. The number of carbonyl (C=O) groups excluding carboxylic acids is 2. The maximum atomic E-state index is 13.5. The van der Waals surface area contributed by atoms with Crippen molar-refractivity contribution < 1.29 is 19.1 Å². The molecule has 1 amide bonds. The predicted octanol–water partition coefficient (Wildman–Crippen LogP) is 4.89. The molecule has 1 aliphatic rings. The fraction of sp³-hybridized carbons (Fsp3) is 0.231. The average molecular weight is 448 g/mol. The highest BCUT2D eigenvalue weighted by atomic mass is 32.2.